The van der Waals surface area contributed by atoms with Gasteiger partial charge < -0.3 is 24.8 Å². The predicted octanol–water partition coefficient (Wildman–Crippen LogP) is 2.14. The van der Waals surface area contributed by atoms with Gasteiger partial charge in [0.1, 0.15) is 0 Å². The summed E-state index contributed by atoms with van der Waals surface area (Å²) in [6, 6.07) is 31.4. The summed E-state index contributed by atoms with van der Waals surface area (Å²) in [6.07, 6.45) is 2.15. The molecule has 0 aliphatic rings. The zero-order chi connectivity index (χ0) is 20.2. The summed E-state index contributed by atoms with van der Waals surface area (Å²) in [5.41, 5.74) is 5.85. The first-order chi connectivity index (χ1) is 14.7. The number of halogens is 2. The summed E-state index contributed by atoms with van der Waals surface area (Å²) in [7, 11) is 0. The van der Waals surface area contributed by atoms with Crippen LogP contribution in [0, 0.1) is 13.8 Å². The normalized spacial score (nSPS) is 10.8. The summed E-state index contributed by atoms with van der Waals surface area (Å²) in [5.74, 6) is 0. The van der Waals surface area contributed by atoms with Crippen molar-refractivity contribution in [1.82, 2.24) is 0 Å². The Morgan fingerprint density at radius 1 is 0.545 bits per heavy atom. The fourth-order valence-electron chi connectivity index (χ4n) is 5.42. The van der Waals surface area contributed by atoms with Crippen LogP contribution in [0.1, 0.15) is 22.3 Å². The van der Waals surface area contributed by atoms with Gasteiger partial charge in [-0.25, -0.2) is 0 Å². The second kappa shape index (κ2) is 10.1. The van der Waals surface area contributed by atoms with E-state index in [4.69, 9.17) is 0 Å². The number of rotatable bonds is 3. The number of fused-ring (bicyclic) bond motifs is 6. The molecule has 0 unspecified atom stereocenters. The van der Waals surface area contributed by atoms with Crippen LogP contribution in [0.5, 0.6) is 0 Å². The quantitative estimate of drug-likeness (QED) is 0.299. The largest absolute Gasteiger partial charge is 4.00 e. The molecule has 0 spiro atoms. The molecule has 0 fully saturated rings. The molecule has 0 amide bonds. The molecule has 33 heavy (non-hydrogen) atoms. The Morgan fingerprint density at radius 3 is 1.36 bits per heavy atom. The van der Waals surface area contributed by atoms with Gasteiger partial charge in [-0.3, -0.25) is 0 Å². The van der Waals surface area contributed by atoms with Crippen LogP contribution in [0.3, 0.4) is 0 Å². The van der Waals surface area contributed by atoms with Crippen molar-refractivity contribution in [3.8, 4) is 0 Å². The van der Waals surface area contributed by atoms with E-state index in [0.717, 1.165) is 12.8 Å². The van der Waals surface area contributed by atoms with E-state index in [0.29, 0.717) is 0 Å². The van der Waals surface area contributed by atoms with Gasteiger partial charge in [-0.1, -0.05) is 98.1 Å². The molecule has 0 bridgehead atoms. The van der Waals surface area contributed by atoms with Crippen LogP contribution in [-0.2, 0) is 39.0 Å². The van der Waals surface area contributed by atoms with Gasteiger partial charge in [0.05, 0.1) is 0 Å². The first-order valence-electron chi connectivity index (χ1n) is 10.8. The number of aryl methyl sites for hydroxylation is 4. The molecule has 0 atom stereocenters. The van der Waals surface area contributed by atoms with E-state index in [1.165, 1.54) is 65.3 Å². The minimum Gasteiger partial charge on any atom is -1.00 e. The van der Waals surface area contributed by atoms with Crippen molar-refractivity contribution in [3.05, 3.63) is 107 Å². The van der Waals surface area contributed by atoms with E-state index >= 15 is 0 Å². The Balaban J connectivity index is 0.00000102. The maximum atomic E-state index is 2.36. The Bertz CT molecular complexity index is 1450. The Kier molecular flexibility index (Phi) is 7.90. The van der Waals surface area contributed by atoms with Crippen LogP contribution in [0.15, 0.2) is 84.9 Å². The van der Waals surface area contributed by atoms with Gasteiger partial charge in [-0.05, 0) is 10.8 Å². The summed E-state index contributed by atoms with van der Waals surface area (Å²) in [5, 5.41) is 11.1. The van der Waals surface area contributed by atoms with Gasteiger partial charge in [-0.15, -0.1) is 56.9 Å². The minimum atomic E-state index is 0. The van der Waals surface area contributed by atoms with Crippen LogP contribution in [-0.4, -0.2) is 0 Å². The van der Waals surface area contributed by atoms with Gasteiger partial charge in [0, 0.05) is 0 Å². The second-order valence-corrected chi connectivity index (χ2v) is 8.61. The number of benzene rings is 4. The molecule has 0 N–H and O–H groups in total. The van der Waals surface area contributed by atoms with E-state index < -0.39 is 0 Å². The summed E-state index contributed by atoms with van der Waals surface area (Å²) < 4.78 is 0. The molecule has 0 nitrogen and oxygen atoms in total. The monoisotopic (exact) mass is 544 g/mol. The molecule has 0 aromatic heterocycles. The van der Waals surface area contributed by atoms with Crippen molar-refractivity contribution >= 4 is 43.1 Å². The molecule has 0 radical (unpaired) electrons. The van der Waals surface area contributed by atoms with E-state index in [1.54, 1.807) is 0 Å². The van der Waals surface area contributed by atoms with Crippen molar-refractivity contribution in [2.75, 3.05) is 0 Å². The first kappa shape index (κ1) is 25.7. The molecule has 3 heteroatoms. The van der Waals surface area contributed by atoms with Gasteiger partial charge in [0.25, 0.3) is 0 Å². The van der Waals surface area contributed by atoms with Gasteiger partial charge in [0.15, 0.2) is 0 Å². The molecule has 6 aromatic carbocycles. The third-order valence-electron chi connectivity index (χ3n) is 6.85. The molecular weight excluding hydrogens is 522 g/mol. The molecule has 0 saturated heterocycles. The van der Waals surface area contributed by atoms with Crippen LogP contribution < -0.4 is 24.8 Å². The molecule has 0 heterocycles. The smallest absolute Gasteiger partial charge is 1.00 e. The molecular formula is C30H24Cl2Zr. The zero-order valence-electron chi connectivity index (χ0n) is 18.8. The van der Waals surface area contributed by atoms with E-state index in [-0.39, 0.29) is 51.0 Å². The number of hydrogen-bond acceptors (Lipinski definition) is 0. The molecule has 0 aliphatic heterocycles. The van der Waals surface area contributed by atoms with E-state index in [2.05, 4.69) is 98.8 Å². The average Bonchev–Trinajstić information content (AvgIpc) is 3.27. The van der Waals surface area contributed by atoms with E-state index in [1.807, 2.05) is 0 Å². The predicted molar refractivity (Wildman–Crippen MR) is 131 cm³/mol. The third kappa shape index (κ3) is 4.21. The van der Waals surface area contributed by atoms with Gasteiger partial charge >= 0.3 is 26.2 Å². The molecule has 6 aromatic rings. The minimum absolute atomic E-state index is 0. The van der Waals surface area contributed by atoms with Crippen LogP contribution in [0.25, 0.3) is 43.1 Å². The van der Waals surface area contributed by atoms with Crippen molar-refractivity contribution in [3.63, 3.8) is 0 Å². The molecule has 0 saturated carbocycles. The third-order valence-corrected chi connectivity index (χ3v) is 6.85. The van der Waals surface area contributed by atoms with Crippen molar-refractivity contribution in [2.24, 2.45) is 0 Å². The van der Waals surface area contributed by atoms with Crippen LogP contribution >= 0.6 is 0 Å². The fraction of sp³-hybridized carbons (Fsp3) is 0.133. The Morgan fingerprint density at radius 2 is 0.939 bits per heavy atom. The Hall–Kier alpha value is -1.92. The van der Waals surface area contributed by atoms with Gasteiger partial charge in [-0.2, -0.15) is 11.1 Å². The molecule has 162 valence electrons. The zero-order valence-corrected chi connectivity index (χ0v) is 22.7. The Labute approximate surface area is 226 Å². The average molecular weight is 547 g/mol. The summed E-state index contributed by atoms with van der Waals surface area (Å²) in [4.78, 5) is 0. The van der Waals surface area contributed by atoms with Gasteiger partial charge in [0.2, 0.25) is 0 Å². The van der Waals surface area contributed by atoms with E-state index in [9.17, 15) is 0 Å². The maximum absolute atomic E-state index is 2.36. The molecule has 0 aliphatic carbocycles. The topological polar surface area (TPSA) is 0 Å². The second-order valence-electron chi connectivity index (χ2n) is 8.61. The van der Waals surface area contributed by atoms with Crippen molar-refractivity contribution < 1.29 is 51.0 Å². The number of hydrogen-bond donors (Lipinski definition) is 0. The molecule has 6 rings (SSSR count). The van der Waals surface area contributed by atoms with Crippen molar-refractivity contribution in [1.29, 1.82) is 0 Å². The summed E-state index contributed by atoms with van der Waals surface area (Å²) >= 11 is 0. The van der Waals surface area contributed by atoms with Crippen LogP contribution in [0.2, 0.25) is 0 Å². The first-order valence-corrected chi connectivity index (χ1v) is 10.8. The summed E-state index contributed by atoms with van der Waals surface area (Å²) in [6.45, 7) is 4.55. The van der Waals surface area contributed by atoms with Crippen molar-refractivity contribution in [2.45, 2.75) is 26.7 Å². The standard InChI is InChI=1S/C30H24.2ClH.Zr/c1-19-17-23-13-11-21-7-3-5-9-27(21)29(23)25(19)15-16-26-20(2)18-24-14-12-22-8-4-6-10-28(22)30(24)26;;;/h3-14,17-18H,15-16H2,1-2H3;2*1H;/q-2;;;+4/p-2. The fourth-order valence-corrected chi connectivity index (χ4v) is 5.42. The SMILES string of the molecule is Cc1[cH-]c2ccc3ccccc3c2c1CCc1c(C)[cH-]c2ccc3ccccc3c12.[Cl-].[Cl-].[Zr+4]. The maximum Gasteiger partial charge on any atom is 4.00 e. The van der Waals surface area contributed by atoms with Crippen LogP contribution in [0.4, 0.5) is 0 Å².